The molecule has 1 N–H and O–H groups in total. The fraction of sp³-hybridized carbons (Fsp3) is 0.708. The number of hydrogen-bond donors (Lipinski definition) is 1. The van der Waals surface area contributed by atoms with E-state index in [0.29, 0.717) is 36.7 Å². The van der Waals surface area contributed by atoms with Gasteiger partial charge in [-0.05, 0) is 82.8 Å². The third-order valence-corrected chi connectivity index (χ3v) is 11.1. The lowest BCUT2D eigenvalue weighted by Crippen LogP contribution is -2.37. The van der Waals surface area contributed by atoms with E-state index in [-0.39, 0.29) is 26.1 Å². The topological polar surface area (TPSA) is 145 Å². The van der Waals surface area contributed by atoms with Crippen LogP contribution >= 0.6 is 7.82 Å². The SMILES string of the molecule is CCCCC/C=C\C/C=C\CC(O)/C=C\C=C\CCCC(=O)OC[C@H](COP(=O)([O-])OCC[N+](C)(C)C)OC(=O)CCCCCCCCc1oc(CCCCC)c(C)c1C. The maximum absolute atomic E-state index is 12.8. The zero-order valence-electron chi connectivity index (χ0n) is 38.5. The molecule has 0 aliphatic heterocycles. The van der Waals surface area contributed by atoms with Crippen LogP contribution in [0.5, 0.6) is 0 Å². The van der Waals surface area contributed by atoms with Crippen molar-refractivity contribution in [2.24, 2.45) is 0 Å². The van der Waals surface area contributed by atoms with Crippen molar-refractivity contribution in [3.63, 3.8) is 0 Å². The Labute approximate surface area is 363 Å². The molecule has 11 nitrogen and oxygen atoms in total. The summed E-state index contributed by atoms with van der Waals surface area (Å²) in [5.41, 5.74) is 2.58. The Bertz CT molecular complexity index is 1460. The van der Waals surface area contributed by atoms with Gasteiger partial charge in [-0.2, -0.15) is 0 Å². The van der Waals surface area contributed by atoms with Crippen LogP contribution < -0.4 is 4.89 Å². The fourth-order valence-electron chi connectivity index (χ4n) is 6.20. The van der Waals surface area contributed by atoms with Gasteiger partial charge in [0.1, 0.15) is 31.3 Å². The molecule has 60 heavy (non-hydrogen) atoms. The van der Waals surface area contributed by atoms with Crippen molar-refractivity contribution in [2.75, 3.05) is 47.5 Å². The van der Waals surface area contributed by atoms with Crippen LogP contribution in [0.1, 0.15) is 158 Å². The molecule has 12 heteroatoms. The lowest BCUT2D eigenvalue weighted by atomic mass is 10.0. The molecule has 1 rings (SSSR count). The Hall–Kier alpha value is -2.79. The van der Waals surface area contributed by atoms with E-state index >= 15 is 0 Å². The van der Waals surface area contributed by atoms with Crippen LogP contribution in [0.2, 0.25) is 0 Å². The van der Waals surface area contributed by atoms with E-state index in [2.05, 4.69) is 45.9 Å². The third-order valence-electron chi connectivity index (χ3n) is 10.1. The van der Waals surface area contributed by atoms with Crippen molar-refractivity contribution < 1.29 is 51.6 Å². The number of phosphoric acid groups is 1. The number of aliphatic hydroxyl groups is 1. The molecule has 0 fully saturated rings. The van der Waals surface area contributed by atoms with Crippen molar-refractivity contribution in [1.82, 2.24) is 0 Å². The summed E-state index contributed by atoms with van der Waals surface area (Å²) in [7, 11) is 1.05. The summed E-state index contributed by atoms with van der Waals surface area (Å²) in [4.78, 5) is 37.7. The monoisotopic (exact) mass is 864 g/mol. The van der Waals surface area contributed by atoms with Gasteiger partial charge in [-0.15, -0.1) is 0 Å². The van der Waals surface area contributed by atoms with Crippen molar-refractivity contribution in [1.29, 1.82) is 0 Å². The van der Waals surface area contributed by atoms with E-state index in [1.165, 1.54) is 43.2 Å². The molecule has 1 aromatic heterocycles. The van der Waals surface area contributed by atoms with Crippen molar-refractivity contribution in [3.8, 4) is 0 Å². The molecule has 0 aliphatic carbocycles. The molecule has 1 heterocycles. The van der Waals surface area contributed by atoms with Crippen LogP contribution in [0.3, 0.4) is 0 Å². The Morgan fingerprint density at radius 3 is 2.02 bits per heavy atom. The average Bonchev–Trinajstić information content (AvgIpc) is 3.46. The smallest absolute Gasteiger partial charge is 0.306 e. The highest BCUT2D eigenvalue weighted by molar-refractivity contribution is 7.45. The van der Waals surface area contributed by atoms with Gasteiger partial charge in [0.25, 0.3) is 7.82 Å². The van der Waals surface area contributed by atoms with Gasteiger partial charge in [0.15, 0.2) is 6.10 Å². The lowest BCUT2D eigenvalue weighted by Gasteiger charge is -2.28. The normalized spacial score (nSPS) is 14.5. The molecule has 2 unspecified atom stereocenters. The highest BCUT2D eigenvalue weighted by Gasteiger charge is 2.22. The quantitative estimate of drug-likeness (QED) is 0.0171. The number of rotatable bonds is 37. The number of hydrogen-bond acceptors (Lipinski definition) is 10. The van der Waals surface area contributed by atoms with E-state index in [4.69, 9.17) is 22.9 Å². The first-order valence-electron chi connectivity index (χ1n) is 22.8. The number of likely N-dealkylation sites (N-methyl/N-ethyl adjacent to an activating group) is 1. The number of unbranched alkanes of at least 4 members (excludes halogenated alkanes) is 11. The average molecular weight is 864 g/mol. The first-order valence-corrected chi connectivity index (χ1v) is 24.3. The van der Waals surface area contributed by atoms with Gasteiger partial charge < -0.3 is 37.4 Å². The van der Waals surface area contributed by atoms with Gasteiger partial charge in [-0.3, -0.25) is 14.2 Å². The number of ether oxygens (including phenoxy) is 2. The number of nitrogens with zero attached hydrogens (tertiary/aromatic N) is 1. The van der Waals surface area contributed by atoms with Crippen molar-refractivity contribution in [2.45, 2.75) is 175 Å². The molecule has 1 aromatic rings. The highest BCUT2D eigenvalue weighted by atomic mass is 31.2. The number of aliphatic hydroxyl groups excluding tert-OH is 1. The number of quaternary nitrogens is 1. The second-order valence-corrected chi connectivity index (χ2v) is 18.3. The van der Waals surface area contributed by atoms with E-state index in [9.17, 15) is 24.2 Å². The summed E-state index contributed by atoms with van der Waals surface area (Å²) in [5, 5.41) is 10.2. The Kier molecular flexibility index (Phi) is 31.1. The molecule has 0 radical (unpaired) electrons. The molecule has 0 bridgehead atoms. The lowest BCUT2D eigenvalue weighted by molar-refractivity contribution is -0.870. The van der Waals surface area contributed by atoms with E-state index < -0.39 is 38.6 Å². The number of carbonyl (C=O) groups is 2. The third kappa shape index (κ3) is 30.3. The summed E-state index contributed by atoms with van der Waals surface area (Å²) in [6.45, 7) is 8.25. The summed E-state index contributed by atoms with van der Waals surface area (Å²) in [6, 6.07) is 0. The molecule has 0 amide bonds. The zero-order valence-corrected chi connectivity index (χ0v) is 39.4. The van der Waals surface area contributed by atoms with Crippen LogP contribution in [0, 0.1) is 13.8 Å². The van der Waals surface area contributed by atoms with Crippen LogP contribution in [0.25, 0.3) is 0 Å². The summed E-state index contributed by atoms with van der Waals surface area (Å²) >= 11 is 0. The van der Waals surface area contributed by atoms with Gasteiger partial charge >= 0.3 is 11.9 Å². The number of aryl methyl sites for hydroxylation is 2. The maximum atomic E-state index is 12.8. The Morgan fingerprint density at radius 1 is 0.733 bits per heavy atom. The molecule has 0 saturated carbocycles. The molecule has 0 aromatic carbocycles. The number of furan rings is 1. The molecule has 344 valence electrons. The van der Waals surface area contributed by atoms with Gasteiger partial charge in [0.2, 0.25) is 0 Å². The highest BCUT2D eigenvalue weighted by Crippen LogP contribution is 2.38. The van der Waals surface area contributed by atoms with Gasteiger partial charge in [0, 0.05) is 25.7 Å². The van der Waals surface area contributed by atoms with Crippen LogP contribution in [-0.2, 0) is 45.5 Å². The number of esters is 2. The number of phosphoric ester groups is 1. The predicted molar refractivity (Wildman–Crippen MR) is 240 cm³/mol. The minimum absolute atomic E-state index is 0.0640. The summed E-state index contributed by atoms with van der Waals surface area (Å²) in [6.07, 6.45) is 32.9. The molecular weight excluding hydrogens is 781 g/mol. The van der Waals surface area contributed by atoms with Crippen LogP contribution in [0.4, 0.5) is 0 Å². The summed E-state index contributed by atoms with van der Waals surface area (Å²) in [5.74, 6) is 1.25. The molecule has 3 atom stereocenters. The summed E-state index contributed by atoms with van der Waals surface area (Å²) < 4.78 is 40.1. The van der Waals surface area contributed by atoms with Gasteiger partial charge in [0.05, 0.1) is 33.9 Å². The van der Waals surface area contributed by atoms with Crippen LogP contribution in [0.15, 0.2) is 53.0 Å². The van der Waals surface area contributed by atoms with E-state index in [0.717, 1.165) is 75.7 Å². The Balaban J connectivity index is 2.46. The molecular formula is C48H82NO10P. The first-order chi connectivity index (χ1) is 28.7. The van der Waals surface area contributed by atoms with Crippen molar-refractivity contribution >= 4 is 19.8 Å². The molecule has 0 spiro atoms. The number of carbonyl (C=O) groups excluding carboxylic acids is 2. The Morgan fingerprint density at radius 2 is 1.33 bits per heavy atom. The largest absolute Gasteiger partial charge is 0.756 e. The maximum Gasteiger partial charge on any atom is 0.306 e. The van der Waals surface area contributed by atoms with Gasteiger partial charge in [-0.1, -0.05) is 114 Å². The molecule has 0 aliphatic rings. The van der Waals surface area contributed by atoms with Gasteiger partial charge in [-0.25, -0.2) is 0 Å². The standard InChI is InChI=1S/C48H82NO10P/c1-8-10-12-13-14-15-16-20-26-31-43(50)32-27-21-19-24-29-35-47(51)55-39-44(40-57-60(53,54)56-38-37-49(5,6)7)58-48(52)36-30-23-18-17-22-28-34-46-42(4)41(3)45(59-46)33-25-11-9-2/h14-15,19-21,26-27,32,43-44,50H,8-13,16-18,22-25,28-31,33-40H2,1-7H3/b15-14-,21-19+,26-20-,32-27-/t43?,44-/m1/s1. The second kappa shape index (κ2) is 33.8. The minimum atomic E-state index is -4.68. The van der Waals surface area contributed by atoms with Crippen LogP contribution in [-0.4, -0.2) is 81.2 Å². The van der Waals surface area contributed by atoms with E-state index in [1.54, 1.807) is 12.2 Å². The fourth-order valence-corrected chi connectivity index (χ4v) is 6.93. The number of allylic oxidation sites excluding steroid dienone is 6. The zero-order chi connectivity index (χ0) is 44.5. The van der Waals surface area contributed by atoms with E-state index in [1.807, 2.05) is 39.4 Å². The first kappa shape index (κ1) is 55.2. The molecule has 0 saturated heterocycles. The predicted octanol–water partition coefficient (Wildman–Crippen LogP) is 10.7. The second-order valence-electron chi connectivity index (χ2n) is 16.8. The minimum Gasteiger partial charge on any atom is -0.756 e. The van der Waals surface area contributed by atoms with Crippen molar-refractivity contribution in [3.05, 3.63) is 71.3 Å².